The number of carbonyl (C=O) groups excluding carboxylic acids is 1. The van der Waals surface area contributed by atoms with Gasteiger partial charge in [0.15, 0.2) is 0 Å². The van der Waals surface area contributed by atoms with Crippen molar-refractivity contribution >= 4 is 34.2 Å². The van der Waals surface area contributed by atoms with Crippen LogP contribution in [0.2, 0.25) is 0 Å². The zero-order valence-corrected chi connectivity index (χ0v) is 12.6. The average Bonchev–Trinajstić information content (AvgIpc) is 2.35. The summed E-state index contributed by atoms with van der Waals surface area (Å²) in [4.78, 5) is 11.7. The molecule has 1 N–H and O–H groups in total. The molecule has 2 aromatic rings. The molecule has 106 valence electrons. The largest absolute Gasteiger partial charge is 0.444 e. The van der Waals surface area contributed by atoms with Crippen molar-refractivity contribution in [3.05, 3.63) is 42.0 Å². The maximum absolute atomic E-state index is 11.7. The molecule has 4 heteroatoms. The fourth-order valence-corrected chi connectivity index (χ4v) is 2.20. The minimum atomic E-state index is -0.507. The first kappa shape index (κ1) is 14.7. The lowest BCUT2D eigenvalue weighted by Crippen LogP contribution is -2.27. The van der Waals surface area contributed by atoms with Crippen molar-refractivity contribution in [3.63, 3.8) is 0 Å². The van der Waals surface area contributed by atoms with E-state index in [9.17, 15) is 4.79 Å². The molecule has 0 atom stereocenters. The molecule has 0 fully saturated rings. The van der Waals surface area contributed by atoms with E-state index in [2.05, 4.69) is 5.32 Å². The fourth-order valence-electron chi connectivity index (χ4n) is 1.97. The Bertz CT molecular complexity index is 632. The molecule has 0 aliphatic carbocycles. The second-order valence-electron chi connectivity index (χ2n) is 5.61. The smallest absolute Gasteiger partial charge is 0.412 e. The number of halogens is 1. The van der Waals surface area contributed by atoms with Crippen LogP contribution in [-0.4, -0.2) is 11.7 Å². The number of alkyl halides is 1. The van der Waals surface area contributed by atoms with Crippen molar-refractivity contribution in [3.8, 4) is 0 Å². The van der Waals surface area contributed by atoms with E-state index in [1.165, 1.54) is 0 Å². The zero-order valence-electron chi connectivity index (χ0n) is 11.9. The SMILES string of the molecule is CC(C)(C)OC(=O)Nc1ccc2c(CCl)cccc2c1. The van der Waals surface area contributed by atoms with Crippen LogP contribution in [0.4, 0.5) is 10.5 Å². The molecule has 0 saturated heterocycles. The first-order valence-corrected chi connectivity index (χ1v) is 7.00. The van der Waals surface area contributed by atoms with Gasteiger partial charge in [-0.3, -0.25) is 5.32 Å². The van der Waals surface area contributed by atoms with E-state index < -0.39 is 11.7 Å². The fraction of sp³-hybridized carbons (Fsp3) is 0.312. The number of carbonyl (C=O) groups is 1. The van der Waals surface area contributed by atoms with Gasteiger partial charge in [-0.05, 0) is 49.2 Å². The van der Waals surface area contributed by atoms with Crippen LogP contribution >= 0.6 is 11.6 Å². The summed E-state index contributed by atoms with van der Waals surface area (Å²) < 4.78 is 5.23. The molecule has 0 aliphatic heterocycles. The number of ether oxygens (including phenoxy) is 1. The number of hydrogen-bond acceptors (Lipinski definition) is 2. The predicted molar refractivity (Wildman–Crippen MR) is 83.4 cm³/mol. The number of amides is 1. The maximum atomic E-state index is 11.7. The van der Waals surface area contributed by atoms with E-state index in [0.717, 1.165) is 16.3 Å². The molecule has 0 aliphatic rings. The van der Waals surface area contributed by atoms with Crippen LogP contribution in [0.1, 0.15) is 26.3 Å². The normalized spacial score (nSPS) is 11.4. The maximum Gasteiger partial charge on any atom is 0.412 e. The number of hydrogen-bond donors (Lipinski definition) is 1. The third-order valence-electron chi connectivity index (χ3n) is 2.76. The predicted octanol–water partition coefficient (Wildman–Crippen LogP) is 4.93. The molecule has 0 saturated carbocycles. The first-order valence-electron chi connectivity index (χ1n) is 6.47. The molecule has 0 aromatic heterocycles. The minimum absolute atomic E-state index is 0.453. The third-order valence-corrected chi connectivity index (χ3v) is 3.05. The van der Waals surface area contributed by atoms with Crippen LogP contribution in [0, 0.1) is 0 Å². The number of rotatable bonds is 2. The second kappa shape index (κ2) is 5.71. The summed E-state index contributed by atoms with van der Waals surface area (Å²) in [5.74, 6) is 0.468. The zero-order chi connectivity index (χ0) is 14.8. The number of benzene rings is 2. The van der Waals surface area contributed by atoms with Crippen molar-refractivity contribution in [2.45, 2.75) is 32.3 Å². The van der Waals surface area contributed by atoms with Crippen molar-refractivity contribution in [2.24, 2.45) is 0 Å². The van der Waals surface area contributed by atoms with Gasteiger partial charge in [-0.25, -0.2) is 4.79 Å². The molecule has 2 rings (SSSR count). The van der Waals surface area contributed by atoms with Gasteiger partial charge in [0, 0.05) is 11.6 Å². The monoisotopic (exact) mass is 291 g/mol. The van der Waals surface area contributed by atoms with E-state index in [4.69, 9.17) is 16.3 Å². The van der Waals surface area contributed by atoms with E-state index >= 15 is 0 Å². The lowest BCUT2D eigenvalue weighted by molar-refractivity contribution is 0.0636. The summed E-state index contributed by atoms with van der Waals surface area (Å²) >= 11 is 5.91. The molecule has 1 amide bonds. The van der Waals surface area contributed by atoms with E-state index in [0.29, 0.717) is 11.6 Å². The Morgan fingerprint density at radius 3 is 2.65 bits per heavy atom. The van der Waals surface area contributed by atoms with E-state index in [1.54, 1.807) is 0 Å². The van der Waals surface area contributed by atoms with Crippen LogP contribution in [0.3, 0.4) is 0 Å². The summed E-state index contributed by atoms with van der Waals surface area (Å²) in [6.45, 7) is 5.50. The van der Waals surface area contributed by atoms with Crippen LogP contribution in [-0.2, 0) is 10.6 Å². The van der Waals surface area contributed by atoms with Crippen molar-refractivity contribution in [2.75, 3.05) is 5.32 Å². The Hall–Kier alpha value is -1.74. The Kier molecular flexibility index (Phi) is 4.19. The highest BCUT2D eigenvalue weighted by Gasteiger charge is 2.16. The number of anilines is 1. The van der Waals surface area contributed by atoms with Gasteiger partial charge < -0.3 is 4.74 Å². The molecule has 0 spiro atoms. The van der Waals surface area contributed by atoms with Gasteiger partial charge in [-0.2, -0.15) is 0 Å². The van der Waals surface area contributed by atoms with Crippen molar-refractivity contribution in [1.29, 1.82) is 0 Å². The van der Waals surface area contributed by atoms with E-state index in [1.807, 2.05) is 57.2 Å². The lowest BCUT2D eigenvalue weighted by atomic mass is 10.1. The molecule has 2 aromatic carbocycles. The van der Waals surface area contributed by atoms with Gasteiger partial charge in [0.2, 0.25) is 0 Å². The Morgan fingerprint density at radius 2 is 2.00 bits per heavy atom. The Labute approximate surface area is 123 Å². The van der Waals surface area contributed by atoms with Crippen LogP contribution < -0.4 is 5.32 Å². The molecule has 0 bridgehead atoms. The molecule has 0 radical (unpaired) electrons. The van der Waals surface area contributed by atoms with Gasteiger partial charge in [0.25, 0.3) is 0 Å². The molecule has 3 nitrogen and oxygen atoms in total. The van der Waals surface area contributed by atoms with Gasteiger partial charge >= 0.3 is 6.09 Å². The topological polar surface area (TPSA) is 38.3 Å². The highest BCUT2D eigenvalue weighted by Crippen LogP contribution is 2.24. The average molecular weight is 292 g/mol. The molecule has 0 heterocycles. The van der Waals surface area contributed by atoms with Gasteiger partial charge in [0.05, 0.1) is 0 Å². The summed E-state index contributed by atoms with van der Waals surface area (Å²) in [6, 6.07) is 11.7. The third kappa shape index (κ3) is 3.64. The summed E-state index contributed by atoms with van der Waals surface area (Å²) in [6.07, 6.45) is -0.453. The molecule has 20 heavy (non-hydrogen) atoms. The van der Waals surface area contributed by atoms with Gasteiger partial charge in [-0.15, -0.1) is 11.6 Å². The first-order chi connectivity index (χ1) is 9.39. The molecule has 0 unspecified atom stereocenters. The van der Waals surface area contributed by atoms with Crippen LogP contribution in [0.5, 0.6) is 0 Å². The quantitative estimate of drug-likeness (QED) is 0.797. The summed E-state index contributed by atoms with van der Waals surface area (Å²) in [5, 5.41) is 4.87. The minimum Gasteiger partial charge on any atom is -0.444 e. The Morgan fingerprint density at radius 1 is 1.25 bits per heavy atom. The van der Waals surface area contributed by atoms with Crippen molar-refractivity contribution in [1.82, 2.24) is 0 Å². The van der Waals surface area contributed by atoms with Gasteiger partial charge in [-0.1, -0.05) is 24.3 Å². The second-order valence-corrected chi connectivity index (χ2v) is 5.88. The van der Waals surface area contributed by atoms with Gasteiger partial charge in [0.1, 0.15) is 5.60 Å². The van der Waals surface area contributed by atoms with E-state index in [-0.39, 0.29) is 0 Å². The lowest BCUT2D eigenvalue weighted by Gasteiger charge is -2.19. The molecular formula is C16H18ClNO2. The summed E-state index contributed by atoms with van der Waals surface area (Å²) in [7, 11) is 0. The highest BCUT2D eigenvalue weighted by molar-refractivity contribution is 6.18. The number of fused-ring (bicyclic) bond motifs is 1. The standard InChI is InChI=1S/C16H18ClNO2/c1-16(2,3)20-15(19)18-13-7-8-14-11(9-13)5-4-6-12(14)10-17/h4-9H,10H2,1-3H3,(H,18,19). The summed E-state index contributed by atoms with van der Waals surface area (Å²) in [5.41, 5.74) is 1.28. The van der Waals surface area contributed by atoms with Crippen LogP contribution in [0.25, 0.3) is 10.8 Å². The van der Waals surface area contributed by atoms with Crippen LogP contribution in [0.15, 0.2) is 36.4 Å². The Balaban J connectivity index is 2.22. The highest BCUT2D eigenvalue weighted by atomic mass is 35.5. The number of nitrogens with one attached hydrogen (secondary N) is 1. The van der Waals surface area contributed by atoms with Crippen molar-refractivity contribution < 1.29 is 9.53 Å². The molecular weight excluding hydrogens is 274 g/mol.